The quantitative estimate of drug-likeness (QED) is 0.437. The van der Waals surface area contributed by atoms with E-state index in [4.69, 9.17) is 25.4 Å². The van der Waals surface area contributed by atoms with Gasteiger partial charge < -0.3 is 25.4 Å². The van der Waals surface area contributed by atoms with Gasteiger partial charge >= 0.3 is 13.6 Å². The van der Waals surface area contributed by atoms with Crippen LogP contribution in [0.15, 0.2) is 30.3 Å². The summed E-state index contributed by atoms with van der Waals surface area (Å²) in [4.78, 5) is 26.1. The molecule has 1 aromatic carbocycles. The normalized spacial score (nSPS) is 10.3. The second kappa shape index (κ2) is 10.4. The molecule has 0 saturated carbocycles. The van der Waals surface area contributed by atoms with Crippen LogP contribution in [0.5, 0.6) is 5.75 Å². The third-order valence-corrected chi connectivity index (χ3v) is 2.36. The van der Waals surface area contributed by atoms with Gasteiger partial charge in [-0.25, -0.2) is 0 Å². The summed E-state index contributed by atoms with van der Waals surface area (Å²) in [5, 5.41) is 10.1. The number of carbonyl (C=O) groups is 1. The fraction of sp³-hybridized carbons (Fsp3) is 0.364. The van der Waals surface area contributed by atoms with Gasteiger partial charge in [0.1, 0.15) is 12.4 Å². The van der Waals surface area contributed by atoms with Crippen molar-refractivity contribution in [1.82, 2.24) is 5.32 Å². The molecule has 20 heavy (non-hydrogen) atoms. The number of rotatable bonds is 7. The van der Waals surface area contributed by atoms with Crippen LogP contribution in [0.25, 0.3) is 0 Å². The highest BCUT2D eigenvalue weighted by molar-refractivity contribution is 7.51. The van der Waals surface area contributed by atoms with E-state index >= 15 is 0 Å². The SMILES string of the molecule is NCCOc1ccccc1.O=C(O)CNCP(=O)(O)O. The van der Waals surface area contributed by atoms with Crippen LogP contribution < -0.4 is 15.8 Å². The molecule has 0 radical (unpaired) electrons. The molecule has 0 unspecified atom stereocenters. The van der Waals surface area contributed by atoms with Gasteiger partial charge in [0.15, 0.2) is 0 Å². The molecule has 6 N–H and O–H groups in total. The highest BCUT2D eigenvalue weighted by Crippen LogP contribution is 2.31. The van der Waals surface area contributed by atoms with E-state index < -0.39 is 26.4 Å². The number of aliphatic carboxylic acids is 1. The standard InChI is InChI=1S/C8H11NO.C3H8NO5P/c9-6-7-10-8-4-2-1-3-5-8;5-3(6)1-4-2-10(7,8)9/h1-5H,6-7,9H2;4H,1-2H2,(H,5,6)(H2,7,8,9). The molecule has 9 heteroatoms. The smallest absolute Gasteiger partial charge is 0.339 e. The predicted octanol–water partition coefficient (Wildman–Crippen LogP) is -0.180. The average Bonchev–Trinajstić information content (AvgIpc) is 2.36. The van der Waals surface area contributed by atoms with Gasteiger partial charge in [-0.2, -0.15) is 0 Å². The predicted molar refractivity (Wildman–Crippen MR) is 73.5 cm³/mol. The van der Waals surface area contributed by atoms with Gasteiger partial charge in [-0.1, -0.05) is 18.2 Å². The second-order valence-electron chi connectivity index (χ2n) is 3.59. The topological polar surface area (TPSA) is 142 Å². The lowest BCUT2D eigenvalue weighted by Gasteiger charge is -2.02. The Kier molecular flexibility index (Phi) is 9.61. The third-order valence-electron chi connectivity index (χ3n) is 1.72. The van der Waals surface area contributed by atoms with Crippen molar-refractivity contribution in [2.75, 3.05) is 26.0 Å². The van der Waals surface area contributed by atoms with Crippen LogP contribution in [0, 0.1) is 0 Å². The van der Waals surface area contributed by atoms with Crippen molar-refractivity contribution >= 4 is 13.6 Å². The molecule has 8 nitrogen and oxygen atoms in total. The number of ether oxygens (including phenoxy) is 1. The summed E-state index contributed by atoms with van der Waals surface area (Å²) >= 11 is 0. The second-order valence-corrected chi connectivity index (χ2v) is 5.24. The van der Waals surface area contributed by atoms with Crippen LogP contribution in [0.1, 0.15) is 0 Å². The highest BCUT2D eigenvalue weighted by Gasteiger charge is 2.11. The van der Waals surface area contributed by atoms with E-state index in [-0.39, 0.29) is 0 Å². The zero-order valence-electron chi connectivity index (χ0n) is 10.8. The minimum absolute atomic E-state index is 0.439. The molecule has 0 atom stereocenters. The molecule has 0 aliphatic rings. The number of hydrogen-bond acceptors (Lipinski definition) is 5. The Labute approximate surface area is 116 Å². The minimum atomic E-state index is -4.10. The summed E-state index contributed by atoms with van der Waals surface area (Å²) in [6, 6.07) is 9.65. The summed E-state index contributed by atoms with van der Waals surface area (Å²) in [7, 11) is -4.10. The molecule has 1 aromatic rings. The summed E-state index contributed by atoms with van der Waals surface area (Å²) in [5.41, 5.74) is 5.25. The molecule has 0 aliphatic carbocycles. The molecule has 0 saturated heterocycles. The zero-order valence-corrected chi connectivity index (χ0v) is 11.7. The molecule has 0 aliphatic heterocycles. The van der Waals surface area contributed by atoms with E-state index in [9.17, 15) is 9.36 Å². The largest absolute Gasteiger partial charge is 0.492 e. The van der Waals surface area contributed by atoms with E-state index in [2.05, 4.69) is 5.32 Å². The summed E-state index contributed by atoms with van der Waals surface area (Å²) in [5.74, 6) is -0.263. The molecule has 0 bridgehead atoms. The fourth-order valence-electron chi connectivity index (χ4n) is 1.00. The first-order valence-electron chi connectivity index (χ1n) is 5.70. The van der Waals surface area contributed by atoms with Crippen molar-refractivity contribution in [3.8, 4) is 5.75 Å². The molecule has 0 spiro atoms. The first-order chi connectivity index (χ1) is 9.35. The summed E-state index contributed by atoms with van der Waals surface area (Å²) < 4.78 is 15.3. The lowest BCUT2D eigenvalue weighted by Crippen LogP contribution is -2.23. The van der Waals surface area contributed by atoms with Crippen molar-refractivity contribution in [3.63, 3.8) is 0 Å². The van der Waals surface area contributed by atoms with Crippen LogP contribution >= 0.6 is 7.60 Å². The number of carboxylic acid groups (broad SMARTS) is 1. The van der Waals surface area contributed by atoms with Crippen molar-refractivity contribution in [1.29, 1.82) is 0 Å². The van der Waals surface area contributed by atoms with Gasteiger partial charge in [0, 0.05) is 6.54 Å². The Balaban J connectivity index is 0.000000361. The first kappa shape index (κ1) is 18.6. The van der Waals surface area contributed by atoms with Crippen molar-refractivity contribution in [2.24, 2.45) is 5.73 Å². The van der Waals surface area contributed by atoms with Gasteiger partial charge in [-0.3, -0.25) is 14.7 Å². The highest BCUT2D eigenvalue weighted by atomic mass is 31.2. The van der Waals surface area contributed by atoms with E-state index in [0.717, 1.165) is 5.75 Å². The van der Waals surface area contributed by atoms with Crippen LogP contribution in [-0.4, -0.2) is 46.8 Å². The lowest BCUT2D eigenvalue weighted by atomic mass is 10.3. The third kappa shape index (κ3) is 13.0. The molecular weight excluding hydrogens is 287 g/mol. The van der Waals surface area contributed by atoms with E-state index in [0.29, 0.717) is 13.2 Å². The number of para-hydroxylation sites is 1. The molecule has 0 amide bonds. The van der Waals surface area contributed by atoms with Crippen LogP contribution in [0.3, 0.4) is 0 Å². The molecule has 0 heterocycles. The molecule has 1 rings (SSSR count). The first-order valence-corrected chi connectivity index (χ1v) is 7.50. The van der Waals surface area contributed by atoms with Gasteiger partial charge in [0.05, 0.1) is 12.8 Å². The average molecular weight is 306 g/mol. The Morgan fingerprint density at radius 2 is 1.90 bits per heavy atom. The van der Waals surface area contributed by atoms with Gasteiger partial charge in [0.2, 0.25) is 0 Å². The van der Waals surface area contributed by atoms with Crippen LogP contribution in [0.2, 0.25) is 0 Å². The maximum Gasteiger partial charge on any atom is 0.339 e. The Bertz CT molecular complexity index is 422. The van der Waals surface area contributed by atoms with Crippen LogP contribution in [-0.2, 0) is 9.36 Å². The summed E-state index contributed by atoms with van der Waals surface area (Å²) in [6.07, 6.45) is -0.598. The maximum absolute atomic E-state index is 10.1. The van der Waals surface area contributed by atoms with Crippen molar-refractivity contribution in [3.05, 3.63) is 30.3 Å². The van der Waals surface area contributed by atoms with Gasteiger partial charge in [0.25, 0.3) is 0 Å². The molecular formula is C11H19N2O6P. The van der Waals surface area contributed by atoms with Gasteiger partial charge in [-0.05, 0) is 12.1 Å². The zero-order chi connectivity index (χ0) is 15.4. The van der Waals surface area contributed by atoms with E-state index in [1.54, 1.807) is 0 Å². The van der Waals surface area contributed by atoms with Crippen LogP contribution in [0.4, 0.5) is 0 Å². The van der Waals surface area contributed by atoms with Crippen molar-refractivity contribution in [2.45, 2.75) is 0 Å². The number of carboxylic acids is 1. The Morgan fingerprint density at radius 3 is 2.35 bits per heavy atom. The number of benzene rings is 1. The maximum atomic E-state index is 10.1. The summed E-state index contributed by atoms with van der Waals surface area (Å²) in [6.45, 7) is 0.712. The molecule has 114 valence electrons. The van der Waals surface area contributed by atoms with E-state index in [1.165, 1.54) is 0 Å². The fourth-order valence-corrected chi connectivity index (χ4v) is 1.41. The molecule has 0 fully saturated rings. The van der Waals surface area contributed by atoms with Crippen molar-refractivity contribution < 1.29 is 29.0 Å². The minimum Gasteiger partial charge on any atom is -0.492 e. The number of hydrogen-bond donors (Lipinski definition) is 5. The Morgan fingerprint density at radius 1 is 1.30 bits per heavy atom. The van der Waals surface area contributed by atoms with E-state index in [1.807, 2.05) is 30.3 Å². The van der Waals surface area contributed by atoms with Gasteiger partial charge in [-0.15, -0.1) is 0 Å². The lowest BCUT2D eigenvalue weighted by molar-refractivity contribution is -0.135. The monoisotopic (exact) mass is 306 g/mol. The Hall–Kier alpha value is -1.44. The number of nitrogens with one attached hydrogen (secondary N) is 1. The number of nitrogens with two attached hydrogens (primary N) is 1. The molecule has 0 aromatic heterocycles.